The minimum atomic E-state index is 0.188. The second kappa shape index (κ2) is 6.43. The number of thioether (sulfide) groups is 1. The molecular formula is C14H20O2S. The number of fused-ring (bicyclic) bond motifs is 1. The number of hydrogen-bond acceptors (Lipinski definition) is 3. The van der Waals surface area contributed by atoms with E-state index in [1.807, 2.05) is 18.7 Å². The molecule has 2 atom stereocenters. The lowest BCUT2D eigenvalue weighted by Crippen LogP contribution is -2.19. The lowest BCUT2D eigenvalue weighted by Gasteiger charge is -2.16. The Labute approximate surface area is 108 Å². The smallest absolute Gasteiger partial charge is 0.0780 e. The van der Waals surface area contributed by atoms with Crippen LogP contribution in [0.2, 0.25) is 0 Å². The molecule has 2 rings (SSSR count). The van der Waals surface area contributed by atoms with Gasteiger partial charge in [0.25, 0.3) is 0 Å². The first kappa shape index (κ1) is 12.9. The van der Waals surface area contributed by atoms with Crippen LogP contribution in [0.3, 0.4) is 0 Å². The van der Waals surface area contributed by atoms with Gasteiger partial charge < -0.3 is 9.47 Å². The van der Waals surface area contributed by atoms with Crippen LogP contribution < -0.4 is 0 Å². The van der Waals surface area contributed by atoms with Gasteiger partial charge >= 0.3 is 0 Å². The molecule has 0 aromatic heterocycles. The van der Waals surface area contributed by atoms with E-state index >= 15 is 0 Å². The summed E-state index contributed by atoms with van der Waals surface area (Å²) in [6.45, 7) is 6.34. The Morgan fingerprint density at radius 3 is 3.06 bits per heavy atom. The molecule has 0 N–H and O–H groups in total. The molecule has 0 fully saturated rings. The van der Waals surface area contributed by atoms with E-state index in [0.29, 0.717) is 12.5 Å². The van der Waals surface area contributed by atoms with Crippen molar-refractivity contribution in [2.75, 3.05) is 25.6 Å². The van der Waals surface area contributed by atoms with E-state index in [0.717, 1.165) is 19.0 Å². The summed E-state index contributed by atoms with van der Waals surface area (Å²) in [6.07, 6.45) is 0.188. The maximum atomic E-state index is 5.85. The fraction of sp³-hybridized carbons (Fsp3) is 0.571. The summed E-state index contributed by atoms with van der Waals surface area (Å²) in [5, 5.41) is 0. The summed E-state index contributed by atoms with van der Waals surface area (Å²) in [6, 6.07) is 8.63. The molecule has 1 aliphatic heterocycles. The highest BCUT2D eigenvalue weighted by atomic mass is 32.2. The summed E-state index contributed by atoms with van der Waals surface area (Å²) in [5.41, 5.74) is 1.45. The van der Waals surface area contributed by atoms with Crippen molar-refractivity contribution in [3.05, 3.63) is 29.8 Å². The van der Waals surface area contributed by atoms with Crippen molar-refractivity contribution in [2.24, 2.45) is 0 Å². The predicted octanol–water partition coefficient (Wildman–Crippen LogP) is 3.32. The summed E-state index contributed by atoms with van der Waals surface area (Å²) >= 11 is 1.93. The van der Waals surface area contributed by atoms with Gasteiger partial charge in [-0.2, -0.15) is 0 Å². The molecule has 0 saturated heterocycles. The fourth-order valence-corrected chi connectivity index (χ4v) is 3.21. The largest absolute Gasteiger partial charge is 0.379 e. The molecule has 0 bridgehead atoms. The maximum Gasteiger partial charge on any atom is 0.0780 e. The summed E-state index contributed by atoms with van der Waals surface area (Å²) in [4.78, 5) is 1.42. The highest BCUT2D eigenvalue weighted by molar-refractivity contribution is 7.99. The van der Waals surface area contributed by atoms with Gasteiger partial charge in [-0.25, -0.2) is 0 Å². The Balaban J connectivity index is 1.81. The van der Waals surface area contributed by atoms with Crippen LogP contribution in [0.1, 0.15) is 25.3 Å². The summed E-state index contributed by atoms with van der Waals surface area (Å²) in [7, 11) is 0. The van der Waals surface area contributed by atoms with Gasteiger partial charge in [-0.15, -0.1) is 11.8 Å². The van der Waals surface area contributed by atoms with Crippen molar-refractivity contribution >= 4 is 11.8 Å². The Hall–Kier alpha value is -0.510. The molecule has 1 aliphatic rings. The molecule has 0 spiro atoms. The molecule has 0 radical (unpaired) electrons. The van der Waals surface area contributed by atoms with Crippen LogP contribution in [0.4, 0.5) is 0 Å². The highest BCUT2D eigenvalue weighted by Gasteiger charge is 2.23. The number of benzene rings is 1. The Kier molecular flexibility index (Phi) is 4.89. The molecule has 0 amide bonds. The standard InChI is InChI=1S/C14H20O2S/c1-3-15-8-11(2)16-9-12-10-17-14-7-5-4-6-13(12)14/h4-7,11-12H,3,8-10H2,1-2H3. The maximum absolute atomic E-state index is 5.85. The molecule has 1 aromatic rings. The second-order valence-corrected chi connectivity index (χ2v) is 5.41. The van der Waals surface area contributed by atoms with Crippen LogP contribution >= 0.6 is 11.8 Å². The first-order valence-corrected chi connectivity index (χ1v) is 7.21. The Bertz CT molecular complexity index is 354. The molecule has 1 heterocycles. The van der Waals surface area contributed by atoms with E-state index in [1.165, 1.54) is 10.5 Å². The van der Waals surface area contributed by atoms with Crippen molar-refractivity contribution in [3.63, 3.8) is 0 Å². The average molecular weight is 252 g/mol. The Morgan fingerprint density at radius 1 is 1.41 bits per heavy atom. The van der Waals surface area contributed by atoms with Gasteiger partial charge in [0.15, 0.2) is 0 Å². The number of hydrogen-bond donors (Lipinski definition) is 0. The number of rotatable bonds is 6. The van der Waals surface area contributed by atoms with E-state index in [-0.39, 0.29) is 6.10 Å². The summed E-state index contributed by atoms with van der Waals surface area (Å²) < 4.78 is 11.2. The molecular weight excluding hydrogens is 232 g/mol. The van der Waals surface area contributed by atoms with Crippen molar-refractivity contribution in [1.82, 2.24) is 0 Å². The highest BCUT2D eigenvalue weighted by Crippen LogP contribution is 2.39. The van der Waals surface area contributed by atoms with Gasteiger partial charge in [-0.1, -0.05) is 18.2 Å². The minimum Gasteiger partial charge on any atom is -0.379 e. The third-order valence-corrected chi connectivity index (χ3v) is 4.19. The fourth-order valence-electron chi connectivity index (χ4n) is 1.98. The second-order valence-electron chi connectivity index (χ2n) is 4.35. The van der Waals surface area contributed by atoms with E-state index in [2.05, 4.69) is 31.2 Å². The zero-order chi connectivity index (χ0) is 12.1. The normalized spacial score (nSPS) is 20.2. The molecule has 0 aliphatic carbocycles. The lowest BCUT2D eigenvalue weighted by atomic mass is 10.0. The SMILES string of the molecule is CCOCC(C)OCC1CSc2ccccc21. The number of ether oxygens (including phenoxy) is 2. The molecule has 0 saturated carbocycles. The van der Waals surface area contributed by atoms with Crippen molar-refractivity contribution in [2.45, 2.75) is 30.8 Å². The molecule has 1 aromatic carbocycles. The van der Waals surface area contributed by atoms with Gasteiger partial charge in [-0.05, 0) is 25.5 Å². The average Bonchev–Trinajstić information content (AvgIpc) is 2.77. The third kappa shape index (κ3) is 3.47. The molecule has 94 valence electrons. The van der Waals surface area contributed by atoms with E-state index in [1.54, 1.807) is 0 Å². The van der Waals surface area contributed by atoms with E-state index < -0.39 is 0 Å². The molecule has 2 nitrogen and oxygen atoms in total. The van der Waals surface area contributed by atoms with Crippen LogP contribution in [0.15, 0.2) is 29.2 Å². The zero-order valence-electron chi connectivity index (χ0n) is 10.5. The topological polar surface area (TPSA) is 18.5 Å². The lowest BCUT2D eigenvalue weighted by molar-refractivity contribution is -0.00699. The van der Waals surface area contributed by atoms with Crippen molar-refractivity contribution in [3.8, 4) is 0 Å². The van der Waals surface area contributed by atoms with Crippen LogP contribution in [0, 0.1) is 0 Å². The van der Waals surface area contributed by atoms with Crippen LogP contribution in [-0.2, 0) is 9.47 Å². The molecule has 3 heteroatoms. The molecule has 2 unspecified atom stereocenters. The Morgan fingerprint density at radius 2 is 2.24 bits per heavy atom. The summed E-state index contributed by atoms with van der Waals surface area (Å²) in [5.74, 6) is 1.68. The first-order valence-electron chi connectivity index (χ1n) is 6.22. The van der Waals surface area contributed by atoms with Gasteiger partial charge in [-0.3, -0.25) is 0 Å². The van der Waals surface area contributed by atoms with Crippen LogP contribution in [-0.4, -0.2) is 31.7 Å². The quantitative estimate of drug-likeness (QED) is 0.774. The predicted molar refractivity (Wildman–Crippen MR) is 71.8 cm³/mol. The first-order chi connectivity index (χ1) is 8.31. The van der Waals surface area contributed by atoms with E-state index in [9.17, 15) is 0 Å². The van der Waals surface area contributed by atoms with Crippen LogP contribution in [0.25, 0.3) is 0 Å². The van der Waals surface area contributed by atoms with Crippen molar-refractivity contribution < 1.29 is 9.47 Å². The zero-order valence-corrected chi connectivity index (χ0v) is 11.3. The minimum absolute atomic E-state index is 0.188. The molecule has 17 heavy (non-hydrogen) atoms. The van der Waals surface area contributed by atoms with Gasteiger partial charge in [0.05, 0.1) is 19.3 Å². The van der Waals surface area contributed by atoms with Crippen LogP contribution in [0.5, 0.6) is 0 Å². The monoisotopic (exact) mass is 252 g/mol. The van der Waals surface area contributed by atoms with E-state index in [4.69, 9.17) is 9.47 Å². The van der Waals surface area contributed by atoms with Gasteiger partial charge in [0.1, 0.15) is 0 Å². The van der Waals surface area contributed by atoms with Crippen molar-refractivity contribution in [1.29, 1.82) is 0 Å². The van der Waals surface area contributed by atoms with Gasteiger partial charge in [0, 0.05) is 23.2 Å². The van der Waals surface area contributed by atoms with Gasteiger partial charge in [0.2, 0.25) is 0 Å². The third-order valence-electron chi connectivity index (χ3n) is 2.94.